The molecule has 0 unspecified atom stereocenters. The molecule has 2 aromatic carbocycles. The number of hydrogen-bond donors (Lipinski definition) is 1. The van der Waals surface area contributed by atoms with Crippen molar-refractivity contribution in [1.29, 1.82) is 0 Å². The number of alkyl halides is 1. The fourth-order valence-corrected chi connectivity index (χ4v) is 5.67. The Balaban J connectivity index is 1.34. The van der Waals surface area contributed by atoms with Crippen LogP contribution in [0.25, 0.3) is 10.9 Å². The molecule has 0 radical (unpaired) electrons. The summed E-state index contributed by atoms with van der Waals surface area (Å²) in [7, 11) is 1.59. The van der Waals surface area contributed by atoms with E-state index in [4.69, 9.17) is 16.3 Å². The number of carboxylic acids is 1. The molecule has 1 saturated heterocycles. The van der Waals surface area contributed by atoms with Gasteiger partial charge in [-0.15, -0.1) is 0 Å². The van der Waals surface area contributed by atoms with E-state index in [0.717, 1.165) is 54.8 Å². The molecule has 0 saturated carbocycles. The molecule has 0 spiro atoms. The molecular formula is C29H34ClFN2O3. The van der Waals surface area contributed by atoms with E-state index >= 15 is 4.39 Å². The second-order valence-electron chi connectivity index (χ2n) is 9.77. The third-order valence-electron chi connectivity index (χ3n) is 7.35. The maximum atomic E-state index is 15.5. The van der Waals surface area contributed by atoms with Crippen LogP contribution in [0.15, 0.2) is 54.7 Å². The van der Waals surface area contributed by atoms with E-state index in [9.17, 15) is 9.90 Å². The van der Waals surface area contributed by atoms with Gasteiger partial charge in [0.1, 0.15) is 11.9 Å². The maximum absolute atomic E-state index is 15.5. The van der Waals surface area contributed by atoms with Crippen LogP contribution in [0.5, 0.6) is 5.75 Å². The van der Waals surface area contributed by atoms with Crippen molar-refractivity contribution in [3.8, 4) is 5.75 Å². The number of carbonyl (C=O) groups is 1. The van der Waals surface area contributed by atoms with E-state index in [1.54, 1.807) is 19.4 Å². The smallest absolute Gasteiger partial charge is 0.303 e. The summed E-state index contributed by atoms with van der Waals surface area (Å²) in [6, 6.07) is 15.2. The van der Waals surface area contributed by atoms with Gasteiger partial charge in [-0.2, -0.15) is 0 Å². The number of methoxy groups -OCH3 is 1. The van der Waals surface area contributed by atoms with E-state index in [2.05, 4.69) is 16.0 Å². The second kappa shape index (κ2) is 12.5. The van der Waals surface area contributed by atoms with Crippen molar-refractivity contribution in [1.82, 2.24) is 9.88 Å². The van der Waals surface area contributed by atoms with Crippen LogP contribution in [0.2, 0.25) is 5.02 Å². The van der Waals surface area contributed by atoms with E-state index in [1.165, 1.54) is 5.56 Å². The topological polar surface area (TPSA) is 62.7 Å². The number of hydrogen-bond acceptors (Lipinski definition) is 4. The third-order valence-corrected chi connectivity index (χ3v) is 7.59. The van der Waals surface area contributed by atoms with Crippen molar-refractivity contribution in [2.45, 2.75) is 44.7 Å². The van der Waals surface area contributed by atoms with Gasteiger partial charge >= 0.3 is 5.97 Å². The summed E-state index contributed by atoms with van der Waals surface area (Å²) in [6.45, 7) is 2.59. The number of aryl methyl sites for hydroxylation is 1. The van der Waals surface area contributed by atoms with Gasteiger partial charge in [0.25, 0.3) is 0 Å². The van der Waals surface area contributed by atoms with Gasteiger partial charge in [0, 0.05) is 29.6 Å². The number of pyridine rings is 1. The Labute approximate surface area is 217 Å². The van der Waals surface area contributed by atoms with Gasteiger partial charge in [-0.3, -0.25) is 9.78 Å². The highest BCUT2D eigenvalue weighted by Gasteiger charge is 2.31. The van der Waals surface area contributed by atoms with Crippen LogP contribution in [0.1, 0.15) is 49.4 Å². The molecule has 1 aliphatic heterocycles. The van der Waals surface area contributed by atoms with Gasteiger partial charge < -0.3 is 14.7 Å². The van der Waals surface area contributed by atoms with Gasteiger partial charge in [-0.1, -0.05) is 23.7 Å². The van der Waals surface area contributed by atoms with Crippen molar-refractivity contribution >= 4 is 28.5 Å². The maximum Gasteiger partial charge on any atom is 0.303 e. The van der Waals surface area contributed by atoms with Gasteiger partial charge in [-0.05, 0) is 105 Å². The van der Waals surface area contributed by atoms with Crippen LogP contribution < -0.4 is 4.74 Å². The summed E-state index contributed by atoms with van der Waals surface area (Å²) in [5, 5.41) is 11.0. The molecule has 2 heterocycles. The number of aromatic nitrogens is 1. The first-order chi connectivity index (χ1) is 17.4. The summed E-state index contributed by atoms with van der Waals surface area (Å²) in [6.07, 6.45) is 4.51. The fourth-order valence-electron chi connectivity index (χ4n) is 5.46. The Bertz CT molecular complexity index is 1170. The lowest BCUT2D eigenvalue weighted by Crippen LogP contribution is -2.42. The Morgan fingerprint density at radius 3 is 2.89 bits per heavy atom. The molecule has 1 N–H and O–H groups in total. The third kappa shape index (κ3) is 6.95. The Morgan fingerprint density at radius 1 is 1.25 bits per heavy atom. The molecule has 3 atom stereocenters. The number of carboxylic acid groups (broad SMARTS) is 1. The average molecular weight is 513 g/mol. The predicted octanol–water partition coefficient (Wildman–Crippen LogP) is 6.73. The lowest BCUT2D eigenvalue weighted by molar-refractivity contribution is -0.139. The van der Waals surface area contributed by atoms with Gasteiger partial charge in [0.15, 0.2) is 0 Å². The summed E-state index contributed by atoms with van der Waals surface area (Å²) < 4.78 is 20.8. The summed E-state index contributed by atoms with van der Waals surface area (Å²) in [5.74, 6) is 0.123. The summed E-state index contributed by atoms with van der Waals surface area (Å²) >= 11 is 6.09. The minimum atomic E-state index is -1.14. The molecule has 1 aromatic heterocycles. The van der Waals surface area contributed by atoms with Crippen molar-refractivity contribution < 1.29 is 19.0 Å². The van der Waals surface area contributed by atoms with Crippen LogP contribution in [-0.2, 0) is 11.2 Å². The van der Waals surface area contributed by atoms with Gasteiger partial charge in [0.05, 0.1) is 12.6 Å². The van der Waals surface area contributed by atoms with Gasteiger partial charge in [0.2, 0.25) is 0 Å². The van der Waals surface area contributed by atoms with Crippen LogP contribution in [0.3, 0.4) is 0 Å². The Hall–Kier alpha value is -2.70. The molecule has 4 rings (SSSR count). The summed E-state index contributed by atoms with van der Waals surface area (Å²) in [5.41, 5.74) is 2.58. The molecule has 36 heavy (non-hydrogen) atoms. The number of likely N-dealkylation sites (tertiary alicyclic amines) is 1. The SMILES string of the molecule is COc1ccc2nccc([C@@H](F)CC[C@@H]3CCN(CCCc4cccc(Cl)c4)C[C@@H]3CC(=O)O)c2c1. The van der Waals surface area contributed by atoms with Crippen molar-refractivity contribution in [3.63, 3.8) is 0 Å². The molecule has 0 bridgehead atoms. The molecule has 0 aliphatic carbocycles. The number of benzene rings is 2. The second-order valence-corrected chi connectivity index (χ2v) is 10.2. The highest BCUT2D eigenvalue weighted by molar-refractivity contribution is 6.30. The zero-order valence-corrected chi connectivity index (χ0v) is 21.5. The zero-order chi connectivity index (χ0) is 25.5. The standard InChI is InChI=1S/C29H34ClFN2O3/c1-36-24-8-10-28-26(18-24)25(11-13-32-28)27(31)9-7-21-12-15-33(19-22(21)17-29(34)35)14-3-5-20-4-2-6-23(30)16-20/h2,4,6,8,10-11,13,16,18,21-22,27H,3,5,7,9,12,14-15,17,19H2,1H3,(H,34,35)/t21-,22+,27+/m1/s1. The number of ether oxygens (including phenoxy) is 1. The van der Waals surface area contributed by atoms with Crippen molar-refractivity contribution in [2.75, 3.05) is 26.7 Å². The highest BCUT2D eigenvalue weighted by atomic mass is 35.5. The first kappa shape index (κ1) is 26.4. The van der Waals surface area contributed by atoms with E-state index in [-0.39, 0.29) is 18.3 Å². The first-order valence-electron chi connectivity index (χ1n) is 12.7. The van der Waals surface area contributed by atoms with Crippen LogP contribution in [-0.4, -0.2) is 47.7 Å². The molecule has 7 heteroatoms. The molecule has 0 amide bonds. The number of rotatable bonds is 11. The molecule has 5 nitrogen and oxygen atoms in total. The first-order valence-corrected chi connectivity index (χ1v) is 13.1. The fraction of sp³-hybridized carbons (Fsp3) is 0.448. The molecule has 1 fully saturated rings. The number of piperidine rings is 1. The molecule has 192 valence electrons. The Morgan fingerprint density at radius 2 is 2.11 bits per heavy atom. The van der Waals surface area contributed by atoms with Crippen LogP contribution in [0.4, 0.5) is 4.39 Å². The molecule has 3 aromatic rings. The van der Waals surface area contributed by atoms with E-state index < -0.39 is 12.1 Å². The monoisotopic (exact) mass is 512 g/mol. The number of halogens is 2. The van der Waals surface area contributed by atoms with E-state index in [0.29, 0.717) is 24.2 Å². The zero-order valence-electron chi connectivity index (χ0n) is 20.7. The normalized spacial score (nSPS) is 19.3. The van der Waals surface area contributed by atoms with Crippen LogP contribution in [0, 0.1) is 11.8 Å². The number of aliphatic carboxylic acids is 1. The van der Waals surface area contributed by atoms with Crippen molar-refractivity contribution in [3.05, 3.63) is 70.9 Å². The quantitative estimate of drug-likeness (QED) is 0.308. The lowest BCUT2D eigenvalue weighted by atomic mass is 9.79. The minimum absolute atomic E-state index is 0.0314. The predicted molar refractivity (Wildman–Crippen MR) is 141 cm³/mol. The number of nitrogens with zero attached hydrogens (tertiary/aromatic N) is 2. The Kier molecular flexibility index (Phi) is 9.16. The van der Waals surface area contributed by atoms with Crippen LogP contribution >= 0.6 is 11.6 Å². The van der Waals surface area contributed by atoms with Gasteiger partial charge in [-0.25, -0.2) is 4.39 Å². The molecule has 1 aliphatic rings. The minimum Gasteiger partial charge on any atom is -0.497 e. The lowest BCUT2D eigenvalue weighted by Gasteiger charge is -2.38. The summed E-state index contributed by atoms with van der Waals surface area (Å²) in [4.78, 5) is 18.3. The largest absolute Gasteiger partial charge is 0.497 e. The van der Waals surface area contributed by atoms with E-state index in [1.807, 2.05) is 36.4 Å². The number of fused-ring (bicyclic) bond motifs is 1. The average Bonchev–Trinajstić information content (AvgIpc) is 2.87. The molecular weight excluding hydrogens is 479 g/mol. The highest BCUT2D eigenvalue weighted by Crippen LogP contribution is 2.36. The van der Waals surface area contributed by atoms with Crippen molar-refractivity contribution in [2.24, 2.45) is 11.8 Å².